The van der Waals surface area contributed by atoms with Gasteiger partial charge in [0, 0.05) is 5.56 Å². The van der Waals surface area contributed by atoms with E-state index in [4.69, 9.17) is 0 Å². The Balaban J connectivity index is 2.58. The van der Waals surface area contributed by atoms with Crippen LogP contribution in [0.1, 0.15) is 5.56 Å². The van der Waals surface area contributed by atoms with Crippen LogP contribution in [0.3, 0.4) is 0 Å². The molecule has 0 aliphatic carbocycles. The first-order valence-electron chi connectivity index (χ1n) is 5.55. The molecule has 100 valence electrons. The van der Waals surface area contributed by atoms with Crippen molar-refractivity contribution in [2.45, 2.75) is 6.92 Å². The van der Waals surface area contributed by atoms with E-state index in [-0.39, 0.29) is 27.9 Å². The number of rotatable bonds is 1. The summed E-state index contributed by atoms with van der Waals surface area (Å²) in [7, 11) is 0. The van der Waals surface area contributed by atoms with Crippen molar-refractivity contribution in [3.63, 3.8) is 0 Å². The molecule has 2 N–H and O–H groups in total. The Morgan fingerprint density at radius 2 is 1.90 bits per heavy atom. The van der Waals surface area contributed by atoms with Gasteiger partial charge in [-0.3, -0.25) is 24.9 Å². The van der Waals surface area contributed by atoms with E-state index in [1.807, 2.05) is 4.98 Å². The third kappa shape index (κ3) is 1.64. The summed E-state index contributed by atoms with van der Waals surface area (Å²) in [4.78, 5) is 45.7. The predicted molar refractivity (Wildman–Crippen MR) is 69.7 cm³/mol. The van der Waals surface area contributed by atoms with Gasteiger partial charge in [-0.05, 0) is 13.0 Å². The van der Waals surface area contributed by atoms with Crippen LogP contribution < -0.4 is 11.2 Å². The topological polar surface area (TPSA) is 135 Å². The summed E-state index contributed by atoms with van der Waals surface area (Å²) in [6, 6.07) is 3.08. The molecule has 0 radical (unpaired) electrons. The smallest absolute Gasteiger partial charge is 0.290 e. The summed E-state index contributed by atoms with van der Waals surface area (Å²) < 4.78 is 0. The van der Waals surface area contributed by atoms with Crippen LogP contribution in [0.2, 0.25) is 0 Å². The summed E-state index contributed by atoms with van der Waals surface area (Å²) >= 11 is 0. The molecule has 3 aromatic rings. The third-order valence-corrected chi connectivity index (χ3v) is 2.87. The zero-order valence-corrected chi connectivity index (χ0v) is 10.1. The number of nitrogens with one attached hydrogen (secondary N) is 2. The van der Waals surface area contributed by atoms with E-state index < -0.39 is 16.2 Å². The molecular weight excluding hydrogens is 266 g/mol. The van der Waals surface area contributed by atoms with E-state index in [1.165, 1.54) is 6.07 Å². The lowest BCUT2D eigenvalue weighted by Crippen LogP contribution is -2.23. The molecule has 0 saturated carbocycles. The first kappa shape index (κ1) is 12.0. The van der Waals surface area contributed by atoms with E-state index in [2.05, 4.69) is 15.0 Å². The minimum Gasteiger partial charge on any atom is -0.290 e. The van der Waals surface area contributed by atoms with Gasteiger partial charge in [0.1, 0.15) is 0 Å². The summed E-state index contributed by atoms with van der Waals surface area (Å²) in [6.07, 6.45) is 0. The van der Waals surface area contributed by atoms with Crippen LogP contribution in [-0.2, 0) is 0 Å². The molecule has 2 heterocycles. The van der Waals surface area contributed by atoms with Crippen LogP contribution in [0.5, 0.6) is 0 Å². The summed E-state index contributed by atoms with van der Waals surface area (Å²) in [6.45, 7) is 1.57. The Bertz CT molecular complexity index is 988. The Morgan fingerprint density at radius 1 is 1.15 bits per heavy atom. The van der Waals surface area contributed by atoms with Crippen LogP contribution in [-0.4, -0.2) is 24.9 Å². The van der Waals surface area contributed by atoms with Crippen LogP contribution in [0.15, 0.2) is 21.7 Å². The molecule has 0 atom stereocenters. The minimum atomic E-state index is -0.742. The SMILES string of the molecule is Cc1ccc2nc3[nH]c(=O)[nH]c(=O)c3nc2c1[N+](=O)[O-]. The Kier molecular flexibility index (Phi) is 2.36. The molecule has 3 rings (SSSR count). The van der Waals surface area contributed by atoms with Crippen LogP contribution in [0, 0.1) is 17.0 Å². The van der Waals surface area contributed by atoms with E-state index >= 15 is 0 Å². The van der Waals surface area contributed by atoms with Gasteiger partial charge in [0.2, 0.25) is 0 Å². The van der Waals surface area contributed by atoms with Crippen LogP contribution in [0.25, 0.3) is 22.2 Å². The average Bonchev–Trinajstić information content (AvgIpc) is 2.36. The standard InChI is InChI=1S/C11H7N5O4/c1-4-2-3-5-6(8(4)16(19)20)13-7-9(12-5)14-11(18)15-10(7)17/h2-3H,1H3,(H2,12,14,15,17,18). The number of hydrogen-bond acceptors (Lipinski definition) is 6. The van der Waals surface area contributed by atoms with E-state index in [0.29, 0.717) is 5.56 Å². The second-order valence-corrected chi connectivity index (χ2v) is 4.18. The molecule has 20 heavy (non-hydrogen) atoms. The summed E-state index contributed by atoms with van der Waals surface area (Å²) in [5.41, 5.74) is -1.16. The zero-order chi connectivity index (χ0) is 14.4. The fraction of sp³-hybridized carbons (Fsp3) is 0.0909. The Morgan fingerprint density at radius 3 is 2.60 bits per heavy atom. The highest BCUT2D eigenvalue weighted by atomic mass is 16.6. The average molecular weight is 273 g/mol. The molecule has 0 amide bonds. The number of nitro groups is 1. The van der Waals surface area contributed by atoms with Gasteiger partial charge in [-0.1, -0.05) is 6.07 Å². The van der Waals surface area contributed by atoms with Crippen LogP contribution in [0.4, 0.5) is 5.69 Å². The molecule has 0 saturated heterocycles. The van der Waals surface area contributed by atoms with Gasteiger partial charge in [0.15, 0.2) is 16.7 Å². The maximum atomic E-state index is 11.7. The fourth-order valence-corrected chi connectivity index (χ4v) is 1.99. The third-order valence-electron chi connectivity index (χ3n) is 2.87. The van der Waals surface area contributed by atoms with Gasteiger partial charge >= 0.3 is 5.69 Å². The number of aryl methyl sites for hydroxylation is 1. The van der Waals surface area contributed by atoms with E-state index in [9.17, 15) is 19.7 Å². The number of fused-ring (bicyclic) bond motifs is 2. The molecule has 9 nitrogen and oxygen atoms in total. The molecule has 9 heteroatoms. The molecule has 0 unspecified atom stereocenters. The highest BCUT2D eigenvalue weighted by Gasteiger charge is 2.19. The van der Waals surface area contributed by atoms with E-state index in [0.717, 1.165) is 0 Å². The number of aromatic nitrogens is 4. The molecular formula is C11H7N5O4. The maximum absolute atomic E-state index is 11.7. The fourth-order valence-electron chi connectivity index (χ4n) is 1.99. The first-order valence-corrected chi connectivity index (χ1v) is 5.55. The van der Waals surface area contributed by atoms with Crippen molar-refractivity contribution in [1.82, 2.24) is 19.9 Å². The Hall–Kier alpha value is -3.10. The molecule has 0 bridgehead atoms. The van der Waals surface area contributed by atoms with Crippen molar-refractivity contribution in [1.29, 1.82) is 0 Å². The largest absolute Gasteiger partial charge is 0.327 e. The van der Waals surface area contributed by atoms with Crippen molar-refractivity contribution in [2.24, 2.45) is 0 Å². The Labute approximate surface area is 109 Å². The lowest BCUT2D eigenvalue weighted by molar-refractivity contribution is -0.383. The minimum absolute atomic E-state index is 0.00981. The van der Waals surface area contributed by atoms with Gasteiger partial charge < -0.3 is 0 Å². The van der Waals surface area contributed by atoms with Crippen LogP contribution >= 0.6 is 0 Å². The lowest BCUT2D eigenvalue weighted by Gasteiger charge is -2.02. The highest BCUT2D eigenvalue weighted by molar-refractivity contribution is 5.90. The molecule has 1 aromatic carbocycles. The number of aromatic amines is 2. The van der Waals surface area contributed by atoms with Crippen molar-refractivity contribution < 1.29 is 4.92 Å². The summed E-state index contributed by atoms with van der Waals surface area (Å²) in [5.74, 6) is 0. The molecule has 0 aliphatic rings. The zero-order valence-electron chi connectivity index (χ0n) is 10.1. The van der Waals surface area contributed by atoms with Gasteiger partial charge in [0.25, 0.3) is 11.2 Å². The summed E-state index contributed by atoms with van der Waals surface area (Å²) in [5, 5.41) is 11.1. The molecule has 0 fully saturated rings. The first-order chi connectivity index (χ1) is 9.47. The monoisotopic (exact) mass is 273 g/mol. The number of nitrogens with zero attached hydrogens (tertiary/aromatic N) is 3. The molecule has 0 aliphatic heterocycles. The van der Waals surface area contributed by atoms with Crippen molar-refractivity contribution in [3.8, 4) is 0 Å². The normalized spacial score (nSPS) is 11.1. The second-order valence-electron chi connectivity index (χ2n) is 4.18. The van der Waals surface area contributed by atoms with Gasteiger partial charge in [-0.25, -0.2) is 14.8 Å². The lowest BCUT2D eigenvalue weighted by atomic mass is 10.1. The van der Waals surface area contributed by atoms with Crippen molar-refractivity contribution in [3.05, 3.63) is 48.6 Å². The number of hydrogen-bond donors (Lipinski definition) is 2. The van der Waals surface area contributed by atoms with Gasteiger partial charge in [0.05, 0.1) is 10.4 Å². The number of H-pyrrole nitrogens is 2. The van der Waals surface area contributed by atoms with E-state index in [1.54, 1.807) is 13.0 Å². The number of benzene rings is 1. The quantitative estimate of drug-likeness (QED) is 0.373. The molecule has 2 aromatic heterocycles. The maximum Gasteiger partial charge on any atom is 0.327 e. The number of nitro benzene ring substituents is 1. The predicted octanol–water partition coefficient (Wildman–Crippen LogP) is 0.376. The second kappa shape index (κ2) is 3.95. The molecule has 0 spiro atoms. The van der Waals surface area contributed by atoms with Gasteiger partial charge in [-0.2, -0.15) is 0 Å². The highest BCUT2D eigenvalue weighted by Crippen LogP contribution is 2.26. The van der Waals surface area contributed by atoms with Crippen molar-refractivity contribution >= 4 is 27.9 Å². The van der Waals surface area contributed by atoms with Crippen molar-refractivity contribution in [2.75, 3.05) is 0 Å². The van der Waals surface area contributed by atoms with Gasteiger partial charge in [-0.15, -0.1) is 0 Å².